The highest BCUT2D eigenvalue weighted by molar-refractivity contribution is 5.88. The van der Waals surface area contributed by atoms with E-state index in [0.717, 1.165) is 20.4 Å². The molecule has 3 heterocycles. The van der Waals surface area contributed by atoms with Gasteiger partial charge in [0.15, 0.2) is 11.5 Å². The number of nitrogens with one attached hydrogen (secondary N) is 1. The Morgan fingerprint density at radius 2 is 1.50 bits per heavy atom. The minimum absolute atomic E-state index is 0.280. The zero-order valence-electron chi connectivity index (χ0n) is 18.3. The molecule has 0 aliphatic rings. The van der Waals surface area contributed by atoms with Gasteiger partial charge in [0.2, 0.25) is 11.6 Å². The maximum Gasteiger partial charge on any atom is 0.343 e. The average Bonchev–Trinajstić information content (AvgIpc) is 3.23. The van der Waals surface area contributed by atoms with Crippen LogP contribution in [0.25, 0.3) is 22.4 Å². The molecule has 10 heteroatoms. The fourth-order valence-electron chi connectivity index (χ4n) is 3.81. The molecule has 5 aromatic rings. The normalized spacial score (nSPS) is 11.5. The maximum absolute atomic E-state index is 13.3. The topological polar surface area (TPSA) is 131 Å². The van der Waals surface area contributed by atoms with Gasteiger partial charge in [-0.25, -0.2) is 18.9 Å². The van der Waals surface area contributed by atoms with E-state index in [4.69, 9.17) is 0 Å². The molecule has 0 bridgehead atoms. The lowest BCUT2D eigenvalue weighted by atomic mass is 10.2. The summed E-state index contributed by atoms with van der Waals surface area (Å²) in [6, 6.07) is 18.8. The Balaban J connectivity index is 1.76. The fourth-order valence-corrected chi connectivity index (χ4v) is 3.81. The predicted molar refractivity (Wildman–Crippen MR) is 127 cm³/mol. The molecule has 0 unspecified atom stereocenters. The first kappa shape index (κ1) is 21.0. The van der Waals surface area contributed by atoms with Crippen molar-refractivity contribution >= 4 is 22.5 Å². The van der Waals surface area contributed by atoms with Crippen LogP contribution < -0.4 is 11.2 Å². The highest BCUT2D eigenvalue weighted by atomic mass is 16.3. The first-order chi connectivity index (χ1) is 16.5. The van der Waals surface area contributed by atoms with Crippen molar-refractivity contribution in [3.63, 3.8) is 0 Å². The summed E-state index contributed by atoms with van der Waals surface area (Å²) in [6.45, 7) is 3.75. The van der Waals surface area contributed by atoms with Crippen LogP contribution in [0, 0.1) is 13.8 Å². The lowest BCUT2D eigenvalue weighted by Crippen LogP contribution is -2.37. The second kappa shape index (κ2) is 8.24. The molecule has 10 nitrogen and oxygen atoms in total. The lowest BCUT2D eigenvalue weighted by molar-refractivity contribution is 0.430. The number of aromatic nitrogens is 5. The van der Waals surface area contributed by atoms with E-state index in [-0.39, 0.29) is 5.82 Å². The maximum atomic E-state index is 13.3. The molecule has 0 fully saturated rings. The van der Waals surface area contributed by atoms with Gasteiger partial charge >= 0.3 is 5.69 Å². The highest BCUT2D eigenvalue weighted by Gasteiger charge is 2.21. The number of pyridine rings is 1. The van der Waals surface area contributed by atoms with E-state index in [1.807, 2.05) is 19.9 Å². The number of H-pyrrole nitrogens is 1. The lowest BCUT2D eigenvalue weighted by Gasteiger charge is -2.13. The minimum atomic E-state index is -0.806. The molecular weight excluding hydrogens is 434 g/mol. The molecular formula is C24H19N7O3. The summed E-state index contributed by atoms with van der Waals surface area (Å²) in [6.07, 6.45) is 0. The van der Waals surface area contributed by atoms with Crippen LogP contribution in [0.1, 0.15) is 11.3 Å². The van der Waals surface area contributed by atoms with Gasteiger partial charge < -0.3 is 5.11 Å². The van der Waals surface area contributed by atoms with E-state index in [9.17, 15) is 14.7 Å². The molecule has 168 valence electrons. The summed E-state index contributed by atoms with van der Waals surface area (Å²) >= 11 is 0. The van der Waals surface area contributed by atoms with Gasteiger partial charge in [-0.15, -0.1) is 10.2 Å². The van der Waals surface area contributed by atoms with Crippen LogP contribution in [-0.4, -0.2) is 29.4 Å². The van der Waals surface area contributed by atoms with Crippen molar-refractivity contribution in [2.24, 2.45) is 10.2 Å². The van der Waals surface area contributed by atoms with Crippen LogP contribution in [0.15, 0.2) is 86.5 Å². The van der Waals surface area contributed by atoms with Crippen molar-refractivity contribution < 1.29 is 5.11 Å². The largest absolute Gasteiger partial charge is 0.492 e. The number of nitrogens with zero attached hydrogens (tertiary/aromatic N) is 6. The van der Waals surface area contributed by atoms with Gasteiger partial charge in [0, 0.05) is 5.69 Å². The zero-order chi connectivity index (χ0) is 23.8. The standard InChI is InChI=1S/C24H19N7O3/c1-14-13-15(2)25-20-18(14)21(29-27-20)28-26-19-22(32)30(16-9-5-3-6-10-16)24(34)31(23(19)33)17-11-7-4-8-12-17/h3-13,32H,1-2H3,(H,25,27,29). The Morgan fingerprint density at radius 1 is 0.882 bits per heavy atom. The van der Waals surface area contributed by atoms with Crippen LogP contribution in [0.4, 0.5) is 11.5 Å². The fraction of sp³-hybridized carbons (Fsp3) is 0.0833. The van der Waals surface area contributed by atoms with Crippen LogP contribution in [0.2, 0.25) is 0 Å². The van der Waals surface area contributed by atoms with Crippen LogP contribution in [-0.2, 0) is 0 Å². The van der Waals surface area contributed by atoms with Crippen LogP contribution in [0.5, 0.6) is 5.88 Å². The summed E-state index contributed by atoms with van der Waals surface area (Å²) in [4.78, 5) is 31.0. The van der Waals surface area contributed by atoms with Crippen LogP contribution in [0.3, 0.4) is 0 Å². The number of aryl methyl sites for hydroxylation is 2. The monoisotopic (exact) mass is 453 g/mol. The number of hydrogen-bond acceptors (Lipinski definition) is 7. The molecule has 0 aliphatic heterocycles. The van der Waals surface area contributed by atoms with Gasteiger partial charge in [-0.1, -0.05) is 36.4 Å². The summed E-state index contributed by atoms with van der Waals surface area (Å²) in [5, 5.41) is 26.7. The summed E-state index contributed by atoms with van der Waals surface area (Å²) in [5.74, 6) is -0.339. The zero-order valence-corrected chi connectivity index (χ0v) is 18.3. The van der Waals surface area contributed by atoms with Crippen molar-refractivity contribution in [2.75, 3.05) is 0 Å². The average molecular weight is 453 g/mol. The molecule has 0 saturated heterocycles. The molecule has 0 radical (unpaired) electrons. The van der Waals surface area contributed by atoms with Gasteiger partial charge in [-0.2, -0.15) is 5.10 Å². The van der Waals surface area contributed by atoms with E-state index in [0.29, 0.717) is 22.4 Å². The highest BCUT2D eigenvalue weighted by Crippen LogP contribution is 2.29. The summed E-state index contributed by atoms with van der Waals surface area (Å²) < 4.78 is 1.96. The van der Waals surface area contributed by atoms with Crippen molar-refractivity contribution in [3.05, 3.63) is 98.8 Å². The number of azo groups is 1. The Morgan fingerprint density at radius 3 is 2.15 bits per heavy atom. The third-order valence-electron chi connectivity index (χ3n) is 5.32. The van der Waals surface area contributed by atoms with E-state index in [2.05, 4.69) is 25.4 Å². The Kier molecular flexibility index (Phi) is 5.09. The van der Waals surface area contributed by atoms with Crippen LogP contribution >= 0.6 is 0 Å². The summed E-state index contributed by atoms with van der Waals surface area (Å²) in [5.41, 5.74) is 0.915. The van der Waals surface area contributed by atoms with Crippen molar-refractivity contribution in [1.29, 1.82) is 0 Å². The summed E-state index contributed by atoms with van der Waals surface area (Å²) in [7, 11) is 0. The number of aromatic amines is 1. The van der Waals surface area contributed by atoms with E-state index >= 15 is 0 Å². The van der Waals surface area contributed by atoms with E-state index < -0.39 is 22.8 Å². The SMILES string of the molecule is Cc1cc(C)c2c(N=Nc3c(O)n(-c4ccccc4)c(=O)n(-c4ccccc4)c3=O)[nH]nc2n1. The Hall–Kier alpha value is -4.86. The number of fused-ring (bicyclic) bond motifs is 1. The minimum Gasteiger partial charge on any atom is -0.492 e. The third kappa shape index (κ3) is 3.47. The molecule has 0 aliphatic carbocycles. The first-order valence-electron chi connectivity index (χ1n) is 10.4. The quantitative estimate of drug-likeness (QED) is 0.397. The van der Waals surface area contributed by atoms with Gasteiger partial charge in [0.1, 0.15) is 0 Å². The van der Waals surface area contributed by atoms with E-state index in [1.54, 1.807) is 60.7 Å². The molecule has 0 amide bonds. The third-order valence-corrected chi connectivity index (χ3v) is 5.32. The molecule has 3 aromatic heterocycles. The van der Waals surface area contributed by atoms with Crippen molar-refractivity contribution in [1.82, 2.24) is 24.3 Å². The molecule has 0 atom stereocenters. The molecule has 0 spiro atoms. The van der Waals surface area contributed by atoms with E-state index in [1.165, 1.54) is 0 Å². The molecule has 34 heavy (non-hydrogen) atoms. The molecule has 2 N–H and O–H groups in total. The second-order valence-corrected chi connectivity index (χ2v) is 7.65. The Bertz CT molecular complexity index is 1670. The second-order valence-electron chi connectivity index (χ2n) is 7.65. The predicted octanol–water partition coefficient (Wildman–Crippen LogP) is 4.00. The first-order valence-corrected chi connectivity index (χ1v) is 10.4. The van der Waals surface area contributed by atoms with Crippen molar-refractivity contribution in [3.8, 4) is 17.3 Å². The molecule has 2 aromatic carbocycles. The van der Waals surface area contributed by atoms with Gasteiger partial charge in [-0.05, 0) is 49.7 Å². The Labute approximate surface area is 192 Å². The smallest absolute Gasteiger partial charge is 0.343 e. The van der Waals surface area contributed by atoms with Gasteiger partial charge in [0.05, 0.1) is 16.8 Å². The van der Waals surface area contributed by atoms with Gasteiger partial charge in [-0.3, -0.25) is 9.89 Å². The molecule has 5 rings (SSSR count). The molecule has 0 saturated carbocycles. The van der Waals surface area contributed by atoms with Crippen molar-refractivity contribution in [2.45, 2.75) is 13.8 Å². The van der Waals surface area contributed by atoms with Gasteiger partial charge in [0.25, 0.3) is 5.56 Å². The number of aromatic hydroxyl groups is 1. The number of rotatable bonds is 4. The number of hydrogen-bond donors (Lipinski definition) is 2. The number of benzene rings is 2. The number of para-hydroxylation sites is 2.